The Balaban J connectivity index is 2.07. The van der Waals surface area contributed by atoms with Gasteiger partial charge in [-0.2, -0.15) is 0 Å². The lowest BCUT2D eigenvalue weighted by molar-refractivity contribution is -0.140. The van der Waals surface area contributed by atoms with Crippen LogP contribution in [0.3, 0.4) is 0 Å². The zero-order valence-corrected chi connectivity index (χ0v) is 14.7. The summed E-state index contributed by atoms with van der Waals surface area (Å²) in [5, 5.41) is 0. The van der Waals surface area contributed by atoms with Crippen LogP contribution in [0.25, 0.3) is 0 Å². The molecule has 6 nitrogen and oxygen atoms in total. The van der Waals surface area contributed by atoms with E-state index in [1.165, 1.54) is 14.2 Å². The fourth-order valence-electron chi connectivity index (χ4n) is 3.24. The molecule has 1 aliphatic heterocycles. The molecule has 0 unspecified atom stereocenters. The van der Waals surface area contributed by atoms with E-state index in [2.05, 4.69) is 0 Å². The summed E-state index contributed by atoms with van der Waals surface area (Å²) in [7, 11) is 2.93. The number of ether oxygens (including phenoxy) is 3. The summed E-state index contributed by atoms with van der Waals surface area (Å²) in [6.45, 7) is 3.77. The molecule has 24 heavy (non-hydrogen) atoms. The van der Waals surface area contributed by atoms with Crippen molar-refractivity contribution >= 4 is 11.9 Å². The van der Waals surface area contributed by atoms with Gasteiger partial charge in [0.2, 0.25) is 0 Å². The molecule has 1 aliphatic rings. The van der Waals surface area contributed by atoms with E-state index < -0.39 is 5.97 Å². The molecule has 0 radical (unpaired) electrons. The van der Waals surface area contributed by atoms with Crippen molar-refractivity contribution < 1.29 is 23.8 Å². The fourth-order valence-corrected chi connectivity index (χ4v) is 3.24. The normalized spacial score (nSPS) is 20.4. The molecule has 2 rings (SSSR count). The number of carbonyl (C=O) groups is 2. The smallest absolute Gasteiger partial charge is 0.346 e. The van der Waals surface area contributed by atoms with Gasteiger partial charge in [0.15, 0.2) is 6.61 Å². The number of rotatable bonds is 5. The second-order valence-electron chi connectivity index (χ2n) is 6.04. The Kier molecular flexibility index (Phi) is 6.06. The van der Waals surface area contributed by atoms with E-state index in [0.29, 0.717) is 11.5 Å². The van der Waals surface area contributed by atoms with E-state index in [4.69, 9.17) is 14.2 Å². The summed E-state index contributed by atoms with van der Waals surface area (Å²) in [6, 6.07) is 5.35. The lowest BCUT2D eigenvalue weighted by Crippen LogP contribution is -2.49. The van der Waals surface area contributed by atoms with Gasteiger partial charge in [-0.05, 0) is 45.2 Å². The molecule has 1 fully saturated rings. The Labute approximate surface area is 142 Å². The summed E-state index contributed by atoms with van der Waals surface area (Å²) in [5.74, 6) is -0.0927. The number of benzene rings is 1. The summed E-state index contributed by atoms with van der Waals surface area (Å²) in [6.07, 6.45) is 3.07. The van der Waals surface area contributed by atoms with Crippen molar-refractivity contribution in [2.45, 2.75) is 45.2 Å². The fraction of sp³-hybridized carbons (Fsp3) is 0.556. The lowest BCUT2D eigenvalue weighted by atomic mass is 9.97. The first kappa shape index (κ1) is 18.1. The van der Waals surface area contributed by atoms with Gasteiger partial charge in [0.25, 0.3) is 5.91 Å². The number of methoxy groups -OCH3 is 2. The van der Waals surface area contributed by atoms with Crippen molar-refractivity contribution in [3.05, 3.63) is 23.8 Å². The number of nitrogens with zero attached hydrogens (tertiary/aromatic N) is 1. The molecular weight excluding hydrogens is 310 g/mol. The molecule has 0 aromatic heterocycles. The minimum atomic E-state index is -0.630. The van der Waals surface area contributed by atoms with E-state index >= 15 is 0 Å². The van der Waals surface area contributed by atoms with E-state index in [9.17, 15) is 9.59 Å². The second-order valence-corrected chi connectivity index (χ2v) is 6.04. The predicted octanol–water partition coefficient (Wildman–Crippen LogP) is 2.65. The van der Waals surface area contributed by atoms with Crippen LogP contribution in [-0.4, -0.2) is 49.7 Å². The van der Waals surface area contributed by atoms with Crippen LogP contribution in [0.15, 0.2) is 18.2 Å². The Hall–Kier alpha value is -2.24. The predicted molar refractivity (Wildman–Crippen MR) is 89.4 cm³/mol. The van der Waals surface area contributed by atoms with Crippen LogP contribution >= 0.6 is 0 Å². The number of hydrogen-bond donors (Lipinski definition) is 0. The van der Waals surface area contributed by atoms with Crippen LogP contribution in [0.1, 0.15) is 43.5 Å². The molecule has 1 heterocycles. The molecule has 1 aromatic rings. The molecule has 0 spiro atoms. The standard InChI is InChI=1S/C18H25NO5/c1-12-7-5-8-13(2)19(12)16(20)11-24-18(21)17-14(22-3)9-6-10-15(17)23-4/h6,9-10,12-13H,5,7-8,11H2,1-4H3/t12-,13-/m1/s1. The lowest BCUT2D eigenvalue weighted by Gasteiger charge is -2.38. The summed E-state index contributed by atoms with van der Waals surface area (Å²) in [4.78, 5) is 26.7. The van der Waals surface area contributed by atoms with Crippen LogP contribution in [0, 0.1) is 0 Å². The summed E-state index contributed by atoms with van der Waals surface area (Å²) in [5.41, 5.74) is 0.190. The number of carbonyl (C=O) groups excluding carboxylic acids is 2. The molecule has 1 amide bonds. The third-order valence-electron chi connectivity index (χ3n) is 4.44. The zero-order valence-electron chi connectivity index (χ0n) is 14.7. The molecule has 2 atom stereocenters. The van der Waals surface area contributed by atoms with Crippen LogP contribution in [0.2, 0.25) is 0 Å². The maximum atomic E-state index is 12.4. The van der Waals surface area contributed by atoms with Gasteiger partial charge in [0.05, 0.1) is 14.2 Å². The maximum absolute atomic E-state index is 12.4. The number of hydrogen-bond acceptors (Lipinski definition) is 5. The highest BCUT2D eigenvalue weighted by atomic mass is 16.5. The monoisotopic (exact) mass is 335 g/mol. The molecule has 0 N–H and O–H groups in total. The Bertz CT molecular complexity index is 569. The molecule has 0 bridgehead atoms. The molecule has 1 saturated heterocycles. The first-order valence-corrected chi connectivity index (χ1v) is 8.18. The first-order valence-electron chi connectivity index (χ1n) is 8.18. The van der Waals surface area contributed by atoms with Gasteiger partial charge >= 0.3 is 5.97 Å². The quantitative estimate of drug-likeness (QED) is 0.774. The third-order valence-corrected chi connectivity index (χ3v) is 4.44. The van der Waals surface area contributed by atoms with Gasteiger partial charge in [-0.15, -0.1) is 0 Å². The maximum Gasteiger partial charge on any atom is 0.346 e. The molecule has 6 heteroatoms. The van der Waals surface area contributed by atoms with E-state index in [1.54, 1.807) is 18.2 Å². The average molecular weight is 335 g/mol. The van der Waals surface area contributed by atoms with E-state index in [-0.39, 0.29) is 30.2 Å². The van der Waals surface area contributed by atoms with E-state index in [1.807, 2.05) is 18.7 Å². The SMILES string of the molecule is COc1cccc(OC)c1C(=O)OCC(=O)N1[C@H](C)CCC[C@H]1C. The van der Waals surface area contributed by atoms with Gasteiger partial charge in [-0.3, -0.25) is 4.79 Å². The molecule has 132 valence electrons. The van der Waals surface area contributed by atoms with Crippen molar-refractivity contribution in [2.75, 3.05) is 20.8 Å². The molecule has 1 aromatic carbocycles. The van der Waals surface area contributed by atoms with Gasteiger partial charge < -0.3 is 19.1 Å². The number of likely N-dealkylation sites (tertiary alicyclic amines) is 1. The Morgan fingerprint density at radius 3 is 2.12 bits per heavy atom. The zero-order chi connectivity index (χ0) is 17.7. The highest BCUT2D eigenvalue weighted by Gasteiger charge is 2.30. The van der Waals surface area contributed by atoms with E-state index in [0.717, 1.165) is 19.3 Å². The highest BCUT2D eigenvalue weighted by Crippen LogP contribution is 2.29. The van der Waals surface area contributed by atoms with Crippen LogP contribution in [0.5, 0.6) is 11.5 Å². The number of piperidine rings is 1. The largest absolute Gasteiger partial charge is 0.496 e. The molecule has 0 saturated carbocycles. The number of esters is 1. The van der Waals surface area contributed by atoms with Crippen molar-refractivity contribution in [1.82, 2.24) is 4.90 Å². The van der Waals surface area contributed by atoms with Gasteiger partial charge in [-0.1, -0.05) is 6.07 Å². The summed E-state index contributed by atoms with van der Waals surface area (Å²) < 4.78 is 15.6. The van der Waals surface area contributed by atoms with Crippen molar-refractivity contribution in [2.24, 2.45) is 0 Å². The molecular formula is C18H25NO5. The topological polar surface area (TPSA) is 65.1 Å². The Morgan fingerprint density at radius 1 is 1.08 bits per heavy atom. The number of amides is 1. The van der Waals surface area contributed by atoms with Crippen molar-refractivity contribution in [1.29, 1.82) is 0 Å². The van der Waals surface area contributed by atoms with Gasteiger partial charge in [0.1, 0.15) is 17.1 Å². The Morgan fingerprint density at radius 2 is 1.62 bits per heavy atom. The van der Waals surface area contributed by atoms with Crippen LogP contribution in [0.4, 0.5) is 0 Å². The summed E-state index contributed by atoms with van der Waals surface area (Å²) >= 11 is 0. The second kappa shape index (κ2) is 8.04. The van der Waals surface area contributed by atoms with Crippen LogP contribution < -0.4 is 9.47 Å². The molecule has 0 aliphatic carbocycles. The minimum absolute atomic E-state index is 0.167. The average Bonchev–Trinajstić information content (AvgIpc) is 2.58. The van der Waals surface area contributed by atoms with Crippen molar-refractivity contribution in [3.63, 3.8) is 0 Å². The third kappa shape index (κ3) is 3.80. The first-order chi connectivity index (χ1) is 11.5. The van der Waals surface area contributed by atoms with Gasteiger partial charge in [0, 0.05) is 12.1 Å². The van der Waals surface area contributed by atoms with Crippen LogP contribution in [-0.2, 0) is 9.53 Å². The highest BCUT2D eigenvalue weighted by molar-refractivity contribution is 5.96. The van der Waals surface area contributed by atoms with Crippen molar-refractivity contribution in [3.8, 4) is 11.5 Å². The van der Waals surface area contributed by atoms with Gasteiger partial charge in [-0.25, -0.2) is 4.79 Å². The minimum Gasteiger partial charge on any atom is -0.496 e.